The van der Waals surface area contributed by atoms with Gasteiger partial charge in [0.25, 0.3) is 0 Å². The third-order valence-electron chi connectivity index (χ3n) is 1.80. The average Bonchev–Trinajstić information content (AvgIpc) is 2.60. The van der Waals surface area contributed by atoms with Crippen LogP contribution < -0.4 is 0 Å². The third-order valence-corrected chi connectivity index (χ3v) is 1.80. The highest BCUT2D eigenvalue weighted by molar-refractivity contribution is 5.75. The summed E-state index contributed by atoms with van der Waals surface area (Å²) in [6.07, 6.45) is 2.66. The minimum absolute atomic E-state index is 0.202. The number of aromatic nitrogens is 2. The van der Waals surface area contributed by atoms with Crippen molar-refractivity contribution in [2.24, 2.45) is 5.41 Å². The summed E-state index contributed by atoms with van der Waals surface area (Å²) in [4.78, 5) is 24.8. The quantitative estimate of drug-likeness (QED) is 0.441. The molecule has 0 aliphatic carbocycles. The summed E-state index contributed by atoms with van der Waals surface area (Å²) in [7, 11) is 0. The molecule has 7 nitrogen and oxygen atoms in total. The van der Waals surface area contributed by atoms with Crippen molar-refractivity contribution in [3.63, 3.8) is 0 Å². The Kier molecular flexibility index (Phi) is 3.26. The molecule has 0 spiro atoms. The lowest BCUT2D eigenvalue weighted by atomic mass is 9.98. The third kappa shape index (κ3) is 2.78. The first-order valence-corrected chi connectivity index (χ1v) is 4.65. The van der Waals surface area contributed by atoms with E-state index in [4.69, 9.17) is 4.74 Å². The summed E-state index contributed by atoms with van der Waals surface area (Å²) in [5, 5.41) is 10.5. The maximum Gasteiger partial charge on any atom is 0.437 e. The molecule has 0 aliphatic heterocycles. The lowest BCUT2D eigenvalue weighted by Gasteiger charge is -2.15. The van der Waals surface area contributed by atoms with Gasteiger partial charge in [-0.1, -0.05) is 4.98 Å². The molecule has 0 aromatic carbocycles. The van der Waals surface area contributed by atoms with Gasteiger partial charge >= 0.3 is 11.9 Å². The van der Waals surface area contributed by atoms with E-state index in [9.17, 15) is 14.9 Å². The van der Waals surface area contributed by atoms with Crippen molar-refractivity contribution in [1.82, 2.24) is 9.55 Å². The van der Waals surface area contributed by atoms with Crippen LogP contribution in [0.25, 0.3) is 0 Å². The Morgan fingerprint density at radius 3 is 2.75 bits per heavy atom. The van der Waals surface area contributed by atoms with Crippen molar-refractivity contribution in [3.05, 3.63) is 22.5 Å². The molecule has 1 heterocycles. The molecule has 0 aliphatic rings. The van der Waals surface area contributed by atoms with Gasteiger partial charge in [0.1, 0.15) is 12.4 Å². The molecule has 0 atom stereocenters. The van der Waals surface area contributed by atoms with Gasteiger partial charge in [-0.2, -0.15) is 4.57 Å². The summed E-state index contributed by atoms with van der Waals surface area (Å²) in [6.45, 7) is 4.92. The fourth-order valence-corrected chi connectivity index (χ4v) is 0.919. The maximum absolute atomic E-state index is 11.4. The minimum atomic E-state index is -0.634. The molecule has 1 aromatic heterocycles. The van der Waals surface area contributed by atoms with Crippen LogP contribution in [0.4, 0.5) is 5.95 Å². The van der Waals surface area contributed by atoms with Gasteiger partial charge in [0, 0.05) is 0 Å². The van der Waals surface area contributed by atoms with Crippen LogP contribution in [0.2, 0.25) is 0 Å². The SMILES string of the molecule is CC(C)(C)C(=O)OCn1ccnc1[N+](=O)[O-]. The van der Waals surface area contributed by atoms with E-state index in [0.717, 1.165) is 4.57 Å². The van der Waals surface area contributed by atoms with Gasteiger partial charge in [-0.3, -0.25) is 4.79 Å². The number of imidazole rings is 1. The topological polar surface area (TPSA) is 87.3 Å². The Labute approximate surface area is 92.2 Å². The predicted molar refractivity (Wildman–Crippen MR) is 54.4 cm³/mol. The monoisotopic (exact) mass is 227 g/mol. The summed E-state index contributed by atoms with van der Waals surface area (Å²) in [5.41, 5.74) is -0.630. The fraction of sp³-hybridized carbons (Fsp3) is 0.556. The highest BCUT2D eigenvalue weighted by Gasteiger charge is 2.24. The summed E-state index contributed by atoms with van der Waals surface area (Å²) >= 11 is 0. The molecular formula is C9H13N3O4. The maximum atomic E-state index is 11.4. The van der Waals surface area contributed by atoms with Gasteiger partial charge in [0.15, 0.2) is 0 Å². The molecule has 0 amide bonds. The first-order chi connectivity index (χ1) is 7.32. The Morgan fingerprint density at radius 1 is 1.62 bits per heavy atom. The van der Waals surface area contributed by atoms with Gasteiger partial charge in [-0.25, -0.2) is 0 Å². The minimum Gasteiger partial charge on any atom is -0.431 e. The highest BCUT2D eigenvalue weighted by Crippen LogP contribution is 2.16. The molecule has 88 valence electrons. The van der Waals surface area contributed by atoms with Crippen molar-refractivity contribution < 1.29 is 14.5 Å². The zero-order valence-corrected chi connectivity index (χ0v) is 9.34. The predicted octanol–water partition coefficient (Wildman–Crippen LogP) is 1.34. The normalized spacial score (nSPS) is 11.2. The van der Waals surface area contributed by atoms with E-state index in [0.29, 0.717) is 0 Å². The number of ether oxygens (including phenoxy) is 1. The number of carbonyl (C=O) groups excluding carboxylic acids is 1. The van der Waals surface area contributed by atoms with Crippen LogP contribution in [-0.4, -0.2) is 20.4 Å². The fourth-order valence-electron chi connectivity index (χ4n) is 0.919. The second kappa shape index (κ2) is 4.30. The number of rotatable bonds is 3. The molecule has 0 radical (unpaired) electrons. The van der Waals surface area contributed by atoms with Crippen LogP contribution >= 0.6 is 0 Å². The largest absolute Gasteiger partial charge is 0.437 e. The van der Waals surface area contributed by atoms with Crippen molar-refractivity contribution in [2.45, 2.75) is 27.5 Å². The lowest BCUT2D eigenvalue weighted by Crippen LogP contribution is -2.24. The highest BCUT2D eigenvalue weighted by atomic mass is 16.6. The number of nitrogens with zero attached hydrogens (tertiary/aromatic N) is 3. The van der Waals surface area contributed by atoms with E-state index < -0.39 is 16.3 Å². The molecule has 0 saturated heterocycles. The molecule has 1 rings (SSSR count). The van der Waals surface area contributed by atoms with Gasteiger partial charge in [0.2, 0.25) is 6.73 Å². The zero-order valence-electron chi connectivity index (χ0n) is 9.34. The van der Waals surface area contributed by atoms with Crippen molar-refractivity contribution in [2.75, 3.05) is 0 Å². The molecule has 0 N–H and O–H groups in total. The number of esters is 1. The molecule has 0 bridgehead atoms. The van der Waals surface area contributed by atoms with Crippen molar-refractivity contribution in [1.29, 1.82) is 0 Å². The molecule has 16 heavy (non-hydrogen) atoms. The van der Waals surface area contributed by atoms with Crippen LogP contribution in [0.1, 0.15) is 20.8 Å². The van der Waals surface area contributed by atoms with Crippen molar-refractivity contribution in [3.8, 4) is 0 Å². The Balaban J connectivity index is 2.65. The number of nitro groups is 1. The molecule has 0 saturated carbocycles. The number of hydrogen-bond acceptors (Lipinski definition) is 5. The molecule has 7 heteroatoms. The van der Waals surface area contributed by atoms with Crippen LogP contribution in [0, 0.1) is 15.5 Å². The van der Waals surface area contributed by atoms with Crippen LogP contribution in [0.15, 0.2) is 12.4 Å². The van der Waals surface area contributed by atoms with E-state index in [2.05, 4.69) is 4.98 Å². The second-order valence-electron chi connectivity index (χ2n) is 4.27. The van der Waals surface area contributed by atoms with E-state index in [1.165, 1.54) is 12.4 Å². The average molecular weight is 227 g/mol. The van der Waals surface area contributed by atoms with E-state index in [-0.39, 0.29) is 12.7 Å². The zero-order chi connectivity index (χ0) is 12.3. The van der Waals surface area contributed by atoms with Crippen LogP contribution in [-0.2, 0) is 16.3 Å². The van der Waals surface area contributed by atoms with Crippen LogP contribution in [0.5, 0.6) is 0 Å². The van der Waals surface area contributed by atoms with Gasteiger partial charge in [0.05, 0.1) is 5.41 Å². The summed E-state index contributed by atoms with van der Waals surface area (Å²) in [5.74, 6) is -0.766. The second-order valence-corrected chi connectivity index (χ2v) is 4.27. The number of carbonyl (C=O) groups is 1. The van der Waals surface area contributed by atoms with Crippen molar-refractivity contribution >= 4 is 11.9 Å². The first-order valence-electron chi connectivity index (χ1n) is 4.65. The Hall–Kier alpha value is -1.92. The molecule has 1 aromatic rings. The Bertz CT molecular complexity index is 405. The van der Waals surface area contributed by atoms with Gasteiger partial charge in [-0.15, -0.1) is 0 Å². The van der Waals surface area contributed by atoms with E-state index in [1.807, 2.05) is 0 Å². The van der Waals surface area contributed by atoms with E-state index in [1.54, 1.807) is 20.8 Å². The van der Waals surface area contributed by atoms with E-state index >= 15 is 0 Å². The smallest absolute Gasteiger partial charge is 0.431 e. The van der Waals surface area contributed by atoms with Crippen LogP contribution in [0.3, 0.4) is 0 Å². The summed E-state index contributed by atoms with van der Waals surface area (Å²) < 4.78 is 6.08. The molecular weight excluding hydrogens is 214 g/mol. The first kappa shape index (κ1) is 12.2. The molecule has 0 fully saturated rings. The number of hydrogen-bond donors (Lipinski definition) is 0. The van der Waals surface area contributed by atoms with Gasteiger partial charge in [-0.05, 0) is 25.7 Å². The standard InChI is InChI=1S/C9H13N3O4/c1-9(2,3)7(13)16-6-11-5-4-10-8(11)12(14)15/h4-5H,6H2,1-3H3. The lowest BCUT2D eigenvalue weighted by molar-refractivity contribution is -0.397. The summed E-state index contributed by atoms with van der Waals surface area (Å²) in [6, 6.07) is 0. The molecule has 0 unspecified atom stereocenters. The Morgan fingerprint density at radius 2 is 2.25 bits per heavy atom. The van der Waals surface area contributed by atoms with Gasteiger partial charge < -0.3 is 14.9 Å².